The zero-order chi connectivity index (χ0) is 21.7. The number of benzene rings is 1. The fourth-order valence-corrected chi connectivity index (χ4v) is 3.88. The molecule has 0 bridgehead atoms. The summed E-state index contributed by atoms with van der Waals surface area (Å²) in [5, 5.41) is 5.51. The first kappa shape index (κ1) is 21.7. The molecule has 3 rings (SSSR count). The van der Waals surface area contributed by atoms with Gasteiger partial charge in [0.2, 0.25) is 5.91 Å². The van der Waals surface area contributed by atoms with E-state index in [1.165, 1.54) is 32.6 Å². The van der Waals surface area contributed by atoms with Crippen molar-refractivity contribution in [2.45, 2.75) is 44.6 Å². The number of nitrogens with one attached hydrogen (secondary N) is 2. The van der Waals surface area contributed by atoms with Crippen LogP contribution in [0, 0.1) is 0 Å². The second-order valence-electron chi connectivity index (χ2n) is 7.72. The van der Waals surface area contributed by atoms with E-state index in [0.29, 0.717) is 23.6 Å². The van der Waals surface area contributed by atoms with Crippen LogP contribution in [0.2, 0.25) is 0 Å². The largest absolute Gasteiger partial charge is 0.493 e. The van der Waals surface area contributed by atoms with Crippen molar-refractivity contribution >= 4 is 17.8 Å². The third-order valence-electron chi connectivity index (χ3n) is 5.69. The molecule has 0 saturated carbocycles. The number of hydrogen-bond acceptors (Lipinski definition) is 5. The fourth-order valence-electron chi connectivity index (χ4n) is 3.88. The highest BCUT2D eigenvalue weighted by atomic mass is 16.5. The zero-order valence-corrected chi connectivity index (χ0v) is 17.7. The summed E-state index contributed by atoms with van der Waals surface area (Å²) in [6.07, 6.45) is 7.63. The van der Waals surface area contributed by atoms with Gasteiger partial charge in [-0.05, 0) is 56.7 Å². The van der Waals surface area contributed by atoms with Crippen LogP contribution in [-0.2, 0) is 15.1 Å². The molecule has 2 aliphatic rings. The number of ether oxygens (including phenoxy) is 2. The summed E-state index contributed by atoms with van der Waals surface area (Å²) in [6, 6.07) is 4.43. The minimum absolute atomic E-state index is 0.313. The average Bonchev–Trinajstić information content (AvgIpc) is 2.97. The van der Waals surface area contributed by atoms with Crippen molar-refractivity contribution in [1.82, 2.24) is 15.5 Å². The van der Waals surface area contributed by atoms with Gasteiger partial charge in [-0.25, -0.2) is 4.79 Å². The maximum atomic E-state index is 13.0. The molecule has 1 aromatic rings. The lowest BCUT2D eigenvalue weighted by Crippen LogP contribution is -2.43. The van der Waals surface area contributed by atoms with Gasteiger partial charge in [-0.15, -0.1) is 0 Å². The number of hydrogen-bond donors (Lipinski definition) is 2. The Hall–Kier alpha value is -3.03. The SMILES string of the molecule is COc1ccc([C@]2(C)NC(=O)N(CC(=O)NCCC3=CCCCC3)C2=O)cc1OC. The summed E-state index contributed by atoms with van der Waals surface area (Å²) in [6.45, 7) is 1.80. The van der Waals surface area contributed by atoms with Gasteiger partial charge in [0.1, 0.15) is 12.1 Å². The number of amides is 4. The fraction of sp³-hybridized carbons (Fsp3) is 0.500. The molecule has 8 nitrogen and oxygen atoms in total. The Kier molecular flexibility index (Phi) is 6.64. The molecule has 0 unspecified atom stereocenters. The van der Waals surface area contributed by atoms with Crippen LogP contribution in [0.5, 0.6) is 11.5 Å². The molecule has 1 fully saturated rings. The van der Waals surface area contributed by atoms with Crippen LogP contribution >= 0.6 is 0 Å². The van der Waals surface area contributed by atoms with Crippen LogP contribution in [-0.4, -0.2) is 50.1 Å². The molecule has 1 atom stereocenters. The van der Waals surface area contributed by atoms with Gasteiger partial charge in [0.15, 0.2) is 11.5 Å². The number of methoxy groups -OCH3 is 2. The van der Waals surface area contributed by atoms with Gasteiger partial charge in [-0.1, -0.05) is 17.7 Å². The third kappa shape index (κ3) is 4.42. The predicted molar refractivity (Wildman–Crippen MR) is 111 cm³/mol. The highest BCUT2D eigenvalue weighted by Gasteiger charge is 2.49. The Balaban J connectivity index is 1.63. The molecule has 1 aromatic carbocycles. The first-order chi connectivity index (χ1) is 14.4. The van der Waals surface area contributed by atoms with Crippen molar-refractivity contribution in [3.05, 3.63) is 35.4 Å². The van der Waals surface area contributed by atoms with E-state index in [9.17, 15) is 14.4 Å². The van der Waals surface area contributed by atoms with Gasteiger partial charge in [-0.3, -0.25) is 14.5 Å². The van der Waals surface area contributed by atoms with E-state index in [0.717, 1.165) is 24.2 Å². The van der Waals surface area contributed by atoms with Crippen molar-refractivity contribution in [3.8, 4) is 11.5 Å². The van der Waals surface area contributed by atoms with Crippen molar-refractivity contribution in [2.24, 2.45) is 0 Å². The van der Waals surface area contributed by atoms with E-state index >= 15 is 0 Å². The highest BCUT2D eigenvalue weighted by molar-refractivity contribution is 6.09. The molecule has 1 heterocycles. The second kappa shape index (κ2) is 9.19. The minimum Gasteiger partial charge on any atom is -0.493 e. The van der Waals surface area contributed by atoms with E-state index in [1.807, 2.05) is 0 Å². The van der Waals surface area contributed by atoms with Crippen molar-refractivity contribution in [2.75, 3.05) is 27.3 Å². The second-order valence-corrected chi connectivity index (χ2v) is 7.72. The normalized spacial score (nSPS) is 21.2. The number of nitrogens with zero attached hydrogens (tertiary/aromatic N) is 1. The summed E-state index contributed by atoms with van der Waals surface area (Å²) in [5.41, 5.74) is 0.618. The van der Waals surface area contributed by atoms with Gasteiger partial charge < -0.3 is 20.1 Å². The van der Waals surface area contributed by atoms with E-state index < -0.39 is 17.5 Å². The molecule has 1 aliphatic carbocycles. The Morgan fingerprint density at radius 3 is 2.63 bits per heavy atom. The molecule has 1 saturated heterocycles. The van der Waals surface area contributed by atoms with Crippen molar-refractivity contribution < 1.29 is 23.9 Å². The summed E-state index contributed by atoms with van der Waals surface area (Å²) in [5.74, 6) is 0.133. The first-order valence-corrected chi connectivity index (χ1v) is 10.2. The molecular weight excluding hydrogens is 386 g/mol. The molecule has 30 heavy (non-hydrogen) atoms. The molecule has 0 aromatic heterocycles. The maximum absolute atomic E-state index is 13.0. The lowest BCUT2D eigenvalue weighted by molar-refractivity contribution is -0.134. The summed E-state index contributed by atoms with van der Waals surface area (Å²) < 4.78 is 10.5. The van der Waals surface area contributed by atoms with Gasteiger partial charge in [0, 0.05) is 6.54 Å². The van der Waals surface area contributed by atoms with Crippen LogP contribution in [0.1, 0.15) is 44.6 Å². The molecule has 8 heteroatoms. The number of carbonyl (C=O) groups is 3. The summed E-state index contributed by atoms with van der Waals surface area (Å²) in [7, 11) is 3.02. The van der Waals surface area contributed by atoms with Gasteiger partial charge in [-0.2, -0.15) is 0 Å². The number of urea groups is 1. The standard InChI is InChI=1S/C22H29N3O5/c1-22(16-9-10-17(29-2)18(13-16)30-3)20(27)25(21(28)24-22)14-19(26)23-12-11-15-7-5-4-6-8-15/h7,9-10,13H,4-6,8,11-12,14H2,1-3H3,(H,23,26)(H,24,28)/t22-/m0/s1. The predicted octanol–water partition coefficient (Wildman–Crippen LogP) is 2.48. The van der Waals surface area contributed by atoms with E-state index in [4.69, 9.17) is 9.47 Å². The number of rotatable bonds is 8. The molecule has 0 spiro atoms. The number of imide groups is 1. The van der Waals surface area contributed by atoms with Crippen molar-refractivity contribution in [3.63, 3.8) is 0 Å². The smallest absolute Gasteiger partial charge is 0.325 e. The minimum atomic E-state index is -1.29. The molecule has 0 radical (unpaired) electrons. The third-order valence-corrected chi connectivity index (χ3v) is 5.69. The lowest BCUT2D eigenvalue weighted by Gasteiger charge is -2.23. The van der Waals surface area contributed by atoms with Gasteiger partial charge in [0.25, 0.3) is 5.91 Å². The topological polar surface area (TPSA) is 97.0 Å². The van der Waals surface area contributed by atoms with Crippen LogP contribution in [0.3, 0.4) is 0 Å². The maximum Gasteiger partial charge on any atom is 0.325 e. The van der Waals surface area contributed by atoms with Crippen molar-refractivity contribution in [1.29, 1.82) is 0 Å². The van der Waals surface area contributed by atoms with Crippen LogP contribution < -0.4 is 20.1 Å². The van der Waals surface area contributed by atoms with E-state index in [2.05, 4.69) is 16.7 Å². The molecule has 1 aliphatic heterocycles. The summed E-state index contributed by atoms with van der Waals surface area (Å²) in [4.78, 5) is 38.8. The summed E-state index contributed by atoms with van der Waals surface area (Å²) >= 11 is 0. The molecule has 4 amide bonds. The lowest BCUT2D eigenvalue weighted by atomic mass is 9.91. The Bertz CT molecular complexity index is 866. The quantitative estimate of drug-likeness (QED) is 0.502. The average molecular weight is 415 g/mol. The number of carbonyl (C=O) groups excluding carboxylic acids is 3. The van der Waals surface area contributed by atoms with E-state index in [1.54, 1.807) is 25.1 Å². The Morgan fingerprint density at radius 2 is 1.97 bits per heavy atom. The molecular formula is C22H29N3O5. The van der Waals surface area contributed by atoms with Crippen LogP contribution in [0.25, 0.3) is 0 Å². The first-order valence-electron chi connectivity index (χ1n) is 10.2. The number of allylic oxidation sites excluding steroid dienone is 1. The van der Waals surface area contributed by atoms with E-state index in [-0.39, 0.29) is 12.5 Å². The van der Waals surface area contributed by atoms with Crippen LogP contribution in [0.15, 0.2) is 29.8 Å². The Labute approximate surface area is 176 Å². The zero-order valence-electron chi connectivity index (χ0n) is 17.7. The van der Waals surface area contributed by atoms with Crippen LogP contribution in [0.4, 0.5) is 4.79 Å². The van der Waals surface area contributed by atoms with Gasteiger partial charge in [0.05, 0.1) is 14.2 Å². The highest BCUT2D eigenvalue weighted by Crippen LogP contribution is 2.35. The van der Waals surface area contributed by atoms with Gasteiger partial charge >= 0.3 is 6.03 Å². The molecule has 2 N–H and O–H groups in total. The molecule has 162 valence electrons. The Morgan fingerprint density at radius 1 is 1.20 bits per heavy atom. The monoisotopic (exact) mass is 415 g/mol.